The van der Waals surface area contributed by atoms with E-state index in [1.54, 1.807) is 0 Å². The topological polar surface area (TPSA) is 32.3 Å². The smallest absolute Gasteiger partial charge is 0.101 e. The molecular formula is C8H18FNO. The molecule has 0 radical (unpaired) electrons. The van der Waals surface area contributed by atoms with Crippen molar-refractivity contribution in [2.75, 3.05) is 20.2 Å². The normalized spacial score (nSPS) is 25.9. The van der Waals surface area contributed by atoms with Crippen LogP contribution in [0.5, 0.6) is 0 Å². The standard InChI is InChI=1S/C7H14FN.CH4O/c8-7-3-1-2-5-9-6-4-7;1-2/h7,9H,1-6H2;2H,1H3. The molecule has 2 N–H and O–H groups in total. The van der Waals surface area contributed by atoms with Crippen molar-refractivity contribution >= 4 is 0 Å². The highest BCUT2D eigenvalue weighted by Gasteiger charge is 2.07. The van der Waals surface area contributed by atoms with Gasteiger partial charge in [-0.3, -0.25) is 0 Å². The van der Waals surface area contributed by atoms with Crippen molar-refractivity contribution in [3.63, 3.8) is 0 Å². The summed E-state index contributed by atoms with van der Waals surface area (Å²) in [5, 5.41) is 10.2. The van der Waals surface area contributed by atoms with E-state index in [0.717, 1.165) is 39.5 Å². The Balaban J connectivity index is 0.000000461. The molecule has 0 spiro atoms. The van der Waals surface area contributed by atoms with E-state index < -0.39 is 6.17 Å². The van der Waals surface area contributed by atoms with Crippen LogP contribution in [-0.2, 0) is 0 Å². The van der Waals surface area contributed by atoms with E-state index in [1.807, 2.05) is 0 Å². The van der Waals surface area contributed by atoms with Crippen molar-refractivity contribution in [3.05, 3.63) is 0 Å². The van der Waals surface area contributed by atoms with Gasteiger partial charge >= 0.3 is 0 Å². The van der Waals surface area contributed by atoms with Crippen molar-refractivity contribution < 1.29 is 9.50 Å². The van der Waals surface area contributed by atoms with Gasteiger partial charge < -0.3 is 10.4 Å². The van der Waals surface area contributed by atoms with Crippen LogP contribution >= 0.6 is 0 Å². The summed E-state index contributed by atoms with van der Waals surface area (Å²) in [7, 11) is 1.00. The second-order valence-corrected chi connectivity index (χ2v) is 2.63. The van der Waals surface area contributed by atoms with Gasteiger partial charge in [0, 0.05) is 7.11 Å². The molecule has 0 aromatic rings. The van der Waals surface area contributed by atoms with E-state index in [2.05, 4.69) is 5.32 Å². The monoisotopic (exact) mass is 163 g/mol. The van der Waals surface area contributed by atoms with Gasteiger partial charge in [0.15, 0.2) is 0 Å². The molecule has 3 heteroatoms. The lowest BCUT2D eigenvalue weighted by molar-refractivity contribution is 0.274. The molecule has 0 amide bonds. The molecule has 1 aliphatic heterocycles. The molecule has 0 saturated carbocycles. The average Bonchev–Trinajstić information content (AvgIpc) is 2.01. The van der Waals surface area contributed by atoms with Gasteiger partial charge in [0.2, 0.25) is 0 Å². The maximum Gasteiger partial charge on any atom is 0.101 e. The molecule has 68 valence electrons. The average molecular weight is 163 g/mol. The molecule has 1 aliphatic rings. The number of halogens is 1. The van der Waals surface area contributed by atoms with Crippen LogP contribution in [0.15, 0.2) is 0 Å². The number of alkyl halides is 1. The SMILES string of the molecule is CO.FC1CCCCNCC1. The molecule has 11 heavy (non-hydrogen) atoms. The third-order valence-electron chi connectivity index (χ3n) is 1.76. The summed E-state index contributed by atoms with van der Waals surface area (Å²) in [6.07, 6.45) is 3.13. The van der Waals surface area contributed by atoms with Crippen LogP contribution in [0.1, 0.15) is 25.7 Å². The maximum atomic E-state index is 12.6. The first-order chi connectivity index (χ1) is 5.39. The summed E-state index contributed by atoms with van der Waals surface area (Å²) >= 11 is 0. The zero-order chi connectivity index (χ0) is 8.53. The van der Waals surface area contributed by atoms with Gasteiger partial charge in [-0.15, -0.1) is 0 Å². The zero-order valence-corrected chi connectivity index (χ0v) is 7.15. The van der Waals surface area contributed by atoms with Crippen LogP contribution in [0.3, 0.4) is 0 Å². The highest BCUT2D eigenvalue weighted by molar-refractivity contribution is 4.62. The lowest BCUT2D eigenvalue weighted by atomic mass is 10.1. The van der Waals surface area contributed by atoms with E-state index >= 15 is 0 Å². The Bertz CT molecular complexity index is 72.5. The van der Waals surface area contributed by atoms with Gasteiger partial charge in [0.1, 0.15) is 6.17 Å². The van der Waals surface area contributed by atoms with Crippen LogP contribution in [0.4, 0.5) is 4.39 Å². The minimum Gasteiger partial charge on any atom is -0.400 e. The lowest BCUT2D eigenvalue weighted by Gasteiger charge is -2.12. The van der Waals surface area contributed by atoms with Crippen LogP contribution in [0, 0.1) is 0 Å². The van der Waals surface area contributed by atoms with Crippen molar-refractivity contribution in [2.24, 2.45) is 0 Å². The molecular weight excluding hydrogens is 145 g/mol. The molecule has 0 aromatic carbocycles. The molecule has 1 fully saturated rings. The van der Waals surface area contributed by atoms with E-state index in [9.17, 15) is 4.39 Å². The molecule has 1 atom stereocenters. The summed E-state index contributed by atoms with van der Waals surface area (Å²) in [6, 6.07) is 0. The quantitative estimate of drug-likeness (QED) is 0.560. The Hall–Kier alpha value is -0.150. The summed E-state index contributed by atoms with van der Waals surface area (Å²) in [4.78, 5) is 0. The number of aliphatic hydroxyl groups is 1. The highest BCUT2D eigenvalue weighted by Crippen LogP contribution is 2.09. The fourth-order valence-corrected chi connectivity index (χ4v) is 1.14. The number of hydrogen-bond donors (Lipinski definition) is 2. The molecule has 0 aromatic heterocycles. The van der Waals surface area contributed by atoms with Gasteiger partial charge in [0.25, 0.3) is 0 Å². The van der Waals surface area contributed by atoms with Crippen LogP contribution in [-0.4, -0.2) is 31.5 Å². The predicted molar refractivity (Wildman–Crippen MR) is 44.4 cm³/mol. The third-order valence-corrected chi connectivity index (χ3v) is 1.76. The highest BCUT2D eigenvalue weighted by atomic mass is 19.1. The predicted octanol–water partition coefficient (Wildman–Crippen LogP) is 1.10. The van der Waals surface area contributed by atoms with E-state index in [4.69, 9.17) is 5.11 Å². The zero-order valence-electron chi connectivity index (χ0n) is 7.15. The fourth-order valence-electron chi connectivity index (χ4n) is 1.14. The maximum absolute atomic E-state index is 12.6. The van der Waals surface area contributed by atoms with Gasteiger partial charge in [-0.2, -0.15) is 0 Å². The Morgan fingerprint density at radius 2 is 1.91 bits per heavy atom. The van der Waals surface area contributed by atoms with E-state index in [1.165, 1.54) is 0 Å². The van der Waals surface area contributed by atoms with Crippen LogP contribution in [0.2, 0.25) is 0 Å². The third kappa shape index (κ3) is 6.26. The van der Waals surface area contributed by atoms with Crippen molar-refractivity contribution in [1.82, 2.24) is 5.32 Å². The summed E-state index contributed by atoms with van der Waals surface area (Å²) in [5.74, 6) is 0. The van der Waals surface area contributed by atoms with Gasteiger partial charge in [-0.05, 0) is 38.8 Å². The fraction of sp³-hybridized carbons (Fsp3) is 1.00. The van der Waals surface area contributed by atoms with E-state index in [-0.39, 0.29) is 0 Å². The molecule has 1 heterocycles. The second kappa shape index (κ2) is 7.95. The van der Waals surface area contributed by atoms with Gasteiger partial charge in [0.05, 0.1) is 0 Å². The van der Waals surface area contributed by atoms with E-state index in [0.29, 0.717) is 6.42 Å². The summed E-state index contributed by atoms with van der Waals surface area (Å²) < 4.78 is 12.6. The number of rotatable bonds is 0. The van der Waals surface area contributed by atoms with Crippen LogP contribution < -0.4 is 5.32 Å². The largest absolute Gasteiger partial charge is 0.400 e. The molecule has 2 nitrogen and oxygen atoms in total. The summed E-state index contributed by atoms with van der Waals surface area (Å²) in [6.45, 7) is 1.94. The number of nitrogens with one attached hydrogen (secondary N) is 1. The van der Waals surface area contributed by atoms with Crippen LogP contribution in [0.25, 0.3) is 0 Å². The summed E-state index contributed by atoms with van der Waals surface area (Å²) in [5.41, 5.74) is 0. The van der Waals surface area contributed by atoms with Gasteiger partial charge in [-0.25, -0.2) is 4.39 Å². The number of hydrogen-bond acceptors (Lipinski definition) is 2. The Morgan fingerprint density at radius 1 is 1.18 bits per heavy atom. The minimum absolute atomic E-state index is 0.544. The van der Waals surface area contributed by atoms with Crippen molar-refractivity contribution in [1.29, 1.82) is 0 Å². The molecule has 0 bridgehead atoms. The molecule has 1 saturated heterocycles. The first kappa shape index (κ1) is 10.8. The Morgan fingerprint density at radius 3 is 2.64 bits per heavy atom. The second-order valence-electron chi connectivity index (χ2n) is 2.63. The Labute approximate surface area is 67.8 Å². The molecule has 1 rings (SSSR count). The lowest BCUT2D eigenvalue weighted by Crippen LogP contribution is -2.22. The number of aliphatic hydroxyl groups excluding tert-OH is 1. The molecule has 1 unspecified atom stereocenters. The van der Waals surface area contributed by atoms with Crippen molar-refractivity contribution in [3.8, 4) is 0 Å². The molecule has 0 aliphatic carbocycles. The van der Waals surface area contributed by atoms with Crippen molar-refractivity contribution in [2.45, 2.75) is 31.9 Å². The Kier molecular flexibility index (Phi) is 7.84. The minimum atomic E-state index is -0.544. The first-order valence-corrected chi connectivity index (χ1v) is 4.19. The first-order valence-electron chi connectivity index (χ1n) is 4.19. The van der Waals surface area contributed by atoms with Gasteiger partial charge in [-0.1, -0.05) is 0 Å².